The predicted molar refractivity (Wildman–Crippen MR) is 80.2 cm³/mol. The average molecular weight is 272 g/mol. The number of hydrogen-bond acceptors (Lipinski definition) is 2. The van der Waals surface area contributed by atoms with Gasteiger partial charge < -0.3 is 5.32 Å². The summed E-state index contributed by atoms with van der Waals surface area (Å²) in [7, 11) is 0. The van der Waals surface area contributed by atoms with E-state index in [1.807, 2.05) is 18.2 Å². The van der Waals surface area contributed by atoms with E-state index in [0.29, 0.717) is 5.56 Å². The number of halogens is 1. The largest absolute Gasteiger partial charge is 0.305 e. The number of pyridine rings is 1. The van der Waals surface area contributed by atoms with Crippen LogP contribution in [0.15, 0.2) is 36.5 Å². The number of hydrogen-bond donors (Lipinski definition) is 1. The first-order valence-corrected chi connectivity index (χ1v) is 7.04. The second-order valence-corrected chi connectivity index (χ2v) is 5.10. The van der Waals surface area contributed by atoms with Crippen LogP contribution in [0.5, 0.6) is 0 Å². The molecule has 0 fully saturated rings. The van der Waals surface area contributed by atoms with Gasteiger partial charge in [-0.25, -0.2) is 4.39 Å². The molecule has 1 atom stereocenters. The molecule has 106 valence electrons. The maximum atomic E-state index is 13.5. The predicted octanol–water partition coefficient (Wildman–Crippen LogP) is 3.93. The molecule has 2 aromatic rings. The van der Waals surface area contributed by atoms with Gasteiger partial charge in [0, 0.05) is 6.20 Å². The Bertz CT molecular complexity index is 581. The van der Waals surface area contributed by atoms with Gasteiger partial charge in [-0.2, -0.15) is 0 Å². The minimum Gasteiger partial charge on any atom is -0.305 e. The van der Waals surface area contributed by atoms with Crippen molar-refractivity contribution in [2.75, 3.05) is 6.54 Å². The van der Waals surface area contributed by atoms with Crippen molar-refractivity contribution in [2.24, 2.45) is 0 Å². The average Bonchev–Trinajstić information content (AvgIpc) is 2.44. The molecule has 20 heavy (non-hydrogen) atoms. The zero-order chi connectivity index (χ0) is 14.5. The first kappa shape index (κ1) is 14.7. The summed E-state index contributed by atoms with van der Waals surface area (Å²) in [5.74, 6) is -0.166. The van der Waals surface area contributed by atoms with Crippen LogP contribution >= 0.6 is 0 Å². The molecule has 2 nitrogen and oxygen atoms in total. The quantitative estimate of drug-likeness (QED) is 0.892. The van der Waals surface area contributed by atoms with Crippen LogP contribution in [0.4, 0.5) is 4.39 Å². The van der Waals surface area contributed by atoms with Crippen LogP contribution in [0.2, 0.25) is 0 Å². The highest BCUT2D eigenvalue weighted by molar-refractivity contribution is 5.34. The lowest BCUT2D eigenvalue weighted by atomic mass is 9.98. The number of benzene rings is 1. The van der Waals surface area contributed by atoms with E-state index >= 15 is 0 Å². The van der Waals surface area contributed by atoms with Gasteiger partial charge >= 0.3 is 0 Å². The summed E-state index contributed by atoms with van der Waals surface area (Å²) in [6.07, 6.45) is 2.85. The number of nitrogens with zero attached hydrogens (tertiary/aromatic N) is 1. The molecule has 1 N–H and O–H groups in total. The summed E-state index contributed by atoms with van der Waals surface area (Å²) in [6.45, 7) is 6.88. The Hall–Kier alpha value is -1.74. The molecule has 3 heteroatoms. The fraction of sp³-hybridized carbons (Fsp3) is 0.353. The summed E-state index contributed by atoms with van der Waals surface area (Å²) in [6, 6.07) is 9.27. The van der Waals surface area contributed by atoms with Crippen LogP contribution < -0.4 is 5.32 Å². The fourth-order valence-corrected chi connectivity index (χ4v) is 2.31. The highest BCUT2D eigenvalue weighted by Crippen LogP contribution is 2.24. The van der Waals surface area contributed by atoms with Crippen molar-refractivity contribution in [3.63, 3.8) is 0 Å². The zero-order valence-electron chi connectivity index (χ0n) is 12.3. The van der Waals surface area contributed by atoms with Crippen molar-refractivity contribution >= 4 is 0 Å². The molecule has 1 unspecified atom stereocenters. The first-order valence-electron chi connectivity index (χ1n) is 7.04. The lowest BCUT2D eigenvalue weighted by Crippen LogP contribution is -2.25. The first-order chi connectivity index (χ1) is 9.63. The minimum atomic E-state index is -0.166. The summed E-state index contributed by atoms with van der Waals surface area (Å²) >= 11 is 0. The van der Waals surface area contributed by atoms with E-state index in [4.69, 9.17) is 0 Å². The molecule has 1 aromatic carbocycles. The van der Waals surface area contributed by atoms with Crippen LogP contribution in [0.1, 0.15) is 41.8 Å². The van der Waals surface area contributed by atoms with Gasteiger partial charge in [0.05, 0.1) is 11.7 Å². The van der Waals surface area contributed by atoms with E-state index in [0.717, 1.165) is 29.8 Å². The highest BCUT2D eigenvalue weighted by atomic mass is 19.1. The van der Waals surface area contributed by atoms with Gasteiger partial charge in [0.2, 0.25) is 0 Å². The van der Waals surface area contributed by atoms with Gasteiger partial charge in [-0.1, -0.05) is 25.1 Å². The van der Waals surface area contributed by atoms with Crippen LogP contribution in [-0.2, 0) is 0 Å². The summed E-state index contributed by atoms with van der Waals surface area (Å²) < 4.78 is 13.5. The van der Waals surface area contributed by atoms with E-state index in [9.17, 15) is 4.39 Å². The smallest absolute Gasteiger partial charge is 0.126 e. The molecule has 0 radical (unpaired) electrons. The second-order valence-electron chi connectivity index (χ2n) is 5.10. The van der Waals surface area contributed by atoms with E-state index in [2.05, 4.69) is 30.2 Å². The number of rotatable bonds is 5. The molecule has 0 aliphatic heterocycles. The summed E-state index contributed by atoms with van der Waals surface area (Å²) in [4.78, 5) is 4.50. The topological polar surface area (TPSA) is 24.9 Å². The Labute approximate surface area is 120 Å². The Morgan fingerprint density at radius 1 is 1.20 bits per heavy atom. The molecular formula is C17H21FN2. The van der Waals surface area contributed by atoms with Gasteiger partial charge in [-0.15, -0.1) is 0 Å². The Morgan fingerprint density at radius 3 is 2.65 bits per heavy atom. The molecule has 0 bridgehead atoms. The van der Waals surface area contributed by atoms with Gasteiger partial charge in [0.1, 0.15) is 5.82 Å². The fourth-order valence-electron chi connectivity index (χ4n) is 2.31. The van der Waals surface area contributed by atoms with E-state index < -0.39 is 0 Å². The second kappa shape index (κ2) is 6.62. The van der Waals surface area contributed by atoms with E-state index in [1.165, 1.54) is 6.07 Å². The Balaban J connectivity index is 2.41. The SMILES string of the molecule is CCCNC(c1ccc(F)c(C)c1)c1ncccc1C. The van der Waals surface area contributed by atoms with Crippen molar-refractivity contribution in [3.8, 4) is 0 Å². The van der Waals surface area contributed by atoms with Crippen molar-refractivity contribution in [3.05, 3.63) is 64.7 Å². The molecule has 1 aromatic heterocycles. The van der Waals surface area contributed by atoms with Crippen molar-refractivity contribution in [1.29, 1.82) is 0 Å². The molecule has 1 heterocycles. The minimum absolute atomic E-state index is 0.00968. The lowest BCUT2D eigenvalue weighted by Gasteiger charge is -2.20. The molecule has 2 rings (SSSR count). The highest BCUT2D eigenvalue weighted by Gasteiger charge is 2.17. The molecule has 0 aliphatic rings. The van der Waals surface area contributed by atoms with Gasteiger partial charge in [0.15, 0.2) is 0 Å². The Kier molecular flexibility index (Phi) is 4.85. The van der Waals surface area contributed by atoms with E-state index in [1.54, 1.807) is 13.1 Å². The molecule has 0 aliphatic carbocycles. The summed E-state index contributed by atoms with van der Waals surface area (Å²) in [5, 5.41) is 3.50. The standard InChI is InChI=1S/C17H21FN2/c1-4-9-19-17(16-12(2)6-5-10-20-16)14-7-8-15(18)13(3)11-14/h5-8,10-11,17,19H,4,9H2,1-3H3. The Morgan fingerprint density at radius 2 is 2.00 bits per heavy atom. The number of aromatic nitrogens is 1. The van der Waals surface area contributed by atoms with E-state index in [-0.39, 0.29) is 11.9 Å². The molecule has 0 saturated heterocycles. The maximum absolute atomic E-state index is 13.5. The normalized spacial score (nSPS) is 12.4. The molecular weight excluding hydrogens is 251 g/mol. The van der Waals surface area contributed by atoms with Crippen LogP contribution in [-0.4, -0.2) is 11.5 Å². The third-order valence-electron chi connectivity index (χ3n) is 3.44. The summed E-state index contributed by atoms with van der Waals surface area (Å²) in [5.41, 5.74) is 3.87. The number of aryl methyl sites for hydroxylation is 2. The van der Waals surface area contributed by atoms with Crippen LogP contribution in [0, 0.1) is 19.7 Å². The van der Waals surface area contributed by atoms with Crippen LogP contribution in [0.25, 0.3) is 0 Å². The third kappa shape index (κ3) is 3.23. The molecule has 0 spiro atoms. The third-order valence-corrected chi connectivity index (χ3v) is 3.44. The van der Waals surface area contributed by atoms with Crippen LogP contribution in [0.3, 0.4) is 0 Å². The van der Waals surface area contributed by atoms with Gasteiger partial charge in [-0.05, 0) is 55.6 Å². The van der Waals surface area contributed by atoms with Crippen molar-refractivity contribution in [2.45, 2.75) is 33.2 Å². The lowest BCUT2D eigenvalue weighted by molar-refractivity contribution is 0.578. The van der Waals surface area contributed by atoms with Gasteiger partial charge in [0.25, 0.3) is 0 Å². The monoisotopic (exact) mass is 272 g/mol. The number of nitrogens with one attached hydrogen (secondary N) is 1. The van der Waals surface area contributed by atoms with Gasteiger partial charge in [-0.3, -0.25) is 4.98 Å². The molecule has 0 amide bonds. The van der Waals surface area contributed by atoms with Crippen molar-refractivity contribution in [1.82, 2.24) is 10.3 Å². The van der Waals surface area contributed by atoms with Crippen molar-refractivity contribution < 1.29 is 4.39 Å². The zero-order valence-corrected chi connectivity index (χ0v) is 12.3. The maximum Gasteiger partial charge on any atom is 0.126 e. The molecule has 0 saturated carbocycles.